The number of nitrogens with zero attached hydrogens (tertiary/aromatic N) is 2. The van der Waals surface area contributed by atoms with Gasteiger partial charge in [0.2, 0.25) is 0 Å². The van der Waals surface area contributed by atoms with Gasteiger partial charge in [-0.3, -0.25) is 0 Å². The number of pyridine rings is 1. The molecule has 0 aliphatic heterocycles. The minimum atomic E-state index is -0.0441. The van der Waals surface area contributed by atoms with Crippen molar-refractivity contribution in [3.8, 4) is 0 Å². The first-order valence-electron chi connectivity index (χ1n) is 6.24. The molecule has 0 radical (unpaired) electrons. The molecule has 1 heterocycles. The van der Waals surface area contributed by atoms with Crippen molar-refractivity contribution in [2.75, 3.05) is 11.9 Å². The minimum absolute atomic E-state index is 0.0441. The zero-order valence-corrected chi connectivity index (χ0v) is 11.9. The molecule has 3 nitrogen and oxygen atoms in total. The summed E-state index contributed by atoms with van der Waals surface area (Å²) in [7, 11) is 2.00. The van der Waals surface area contributed by atoms with Crippen LogP contribution in [0.4, 0.5) is 5.82 Å². The van der Waals surface area contributed by atoms with Crippen LogP contribution in [0.5, 0.6) is 0 Å². The molecular weight excluding hydrogens is 258 g/mol. The Morgan fingerprint density at radius 3 is 2.68 bits per heavy atom. The zero-order chi connectivity index (χ0) is 13.8. The normalized spacial score (nSPS) is 12.2. The summed E-state index contributed by atoms with van der Waals surface area (Å²) in [5.74, 6) is 0.900. The summed E-state index contributed by atoms with van der Waals surface area (Å²) in [5, 5.41) is 0.771. The minimum Gasteiger partial charge on any atom is -0.355 e. The monoisotopic (exact) mass is 275 g/mol. The summed E-state index contributed by atoms with van der Waals surface area (Å²) >= 11 is 6.19. The zero-order valence-electron chi connectivity index (χ0n) is 11.2. The second kappa shape index (κ2) is 6.04. The van der Waals surface area contributed by atoms with E-state index in [1.165, 1.54) is 0 Å². The molecule has 0 aliphatic carbocycles. The Bertz CT molecular complexity index is 555. The van der Waals surface area contributed by atoms with Gasteiger partial charge in [0, 0.05) is 36.4 Å². The first-order chi connectivity index (χ1) is 9.09. The largest absolute Gasteiger partial charge is 0.355 e. The van der Waals surface area contributed by atoms with Crippen LogP contribution < -0.4 is 10.6 Å². The maximum atomic E-state index is 6.19. The van der Waals surface area contributed by atoms with Crippen LogP contribution in [0.15, 0.2) is 42.6 Å². The number of hydrogen-bond acceptors (Lipinski definition) is 3. The Kier molecular flexibility index (Phi) is 4.40. The molecule has 0 aliphatic rings. The Hall–Kier alpha value is -1.58. The third-order valence-electron chi connectivity index (χ3n) is 3.03. The topological polar surface area (TPSA) is 42.1 Å². The summed E-state index contributed by atoms with van der Waals surface area (Å²) in [6.45, 7) is 2.67. The van der Waals surface area contributed by atoms with E-state index in [4.69, 9.17) is 17.3 Å². The molecule has 2 N–H and O–H groups in total. The molecule has 0 fully saturated rings. The molecule has 2 rings (SSSR count). The van der Waals surface area contributed by atoms with Gasteiger partial charge in [-0.05, 0) is 24.6 Å². The van der Waals surface area contributed by atoms with Crippen LogP contribution in [0.25, 0.3) is 0 Å². The summed E-state index contributed by atoms with van der Waals surface area (Å²) in [6.07, 6.45) is 1.78. The van der Waals surface area contributed by atoms with Crippen LogP contribution in [0.2, 0.25) is 5.02 Å². The number of hydrogen-bond donors (Lipinski definition) is 1. The lowest BCUT2D eigenvalue weighted by Crippen LogP contribution is -2.21. The number of aromatic nitrogens is 1. The quantitative estimate of drug-likeness (QED) is 0.930. The Morgan fingerprint density at radius 1 is 1.26 bits per heavy atom. The Balaban J connectivity index is 2.26. The highest BCUT2D eigenvalue weighted by atomic mass is 35.5. The lowest BCUT2D eigenvalue weighted by molar-refractivity contribution is 0.788. The lowest BCUT2D eigenvalue weighted by Gasteiger charge is -2.23. The Morgan fingerprint density at radius 2 is 2.00 bits per heavy atom. The van der Waals surface area contributed by atoms with E-state index in [9.17, 15) is 0 Å². The third kappa shape index (κ3) is 3.25. The maximum absolute atomic E-state index is 6.19. The van der Waals surface area contributed by atoms with Gasteiger partial charge in [-0.1, -0.05) is 35.9 Å². The van der Waals surface area contributed by atoms with Gasteiger partial charge >= 0.3 is 0 Å². The van der Waals surface area contributed by atoms with E-state index in [2.05, 4.69) is 9.88 Å². The number of rotatable bonds is 4. The molecule has 0 bridgehead atoms. The van der Waals surface area contributed by atoms with Gasteiger partial charge in [-0.25, -0.2) is 4.98 Å². The third-order valence-corrected chi connectivity index (χ3v) is 3.40. The van der Waals surface area contributed by atoms with E-state index < -0.39 is 0 Å². The van der Waals surface area contributed by atoms with E-state index in [-0.39, 0.29) is 6.04 Å². The number of nitrogens with two attached hydrogens (primary N) is 1. The summed E-state index contributed by atoms with van der Waals surface area (Å²) in [6, 6.07) is 11.7. The first-order valence-corrected chi connectivity index (χ1v) is 6.62. The van der Waals surface area contributed by atoms with Crippen LogP contribution in [0.1, 0.15) is 24.1 Å². The highest BCUT2D eigenvalue weighted by Crippen LogP contribution is 2.24. The fourth-order valence-corrected chi connectivity index (χ4v) is 2.24. The van der Waals surface area contributed by atoms with Crippen molar-refractivity contribution in [3.05, 3.63) is 58.7 Å². The summed E-state index contributed by atoms with van der Waals surface area (Å²) in [5.41, 5.74) is 8.10. The highest BCUT2D eigenvalue weighted by Gasteiger charge is 2.12. The SMILES string of the molecule is CC(N)c1cccnc1N(C)Cc1ccccc1Cl. The molecule has 19 heavy (non-hydrogen) atoms. The molecule has 1 atom stereocenters. The van der Waals surface area contributed by atoms with Crippen LogP contribution in [0, 0.1) is 0 Å². The lowest BCUT2D eigenvalue weighted by atomic mass is 10.1. The van der Waals surface area contributed by atoms with Crippen LogP contribution in [0.3, 0.4) is 0 Å². The first kappa shape index (κ1) is 13.8. The second-order valence-corrected chi connectivity index (χ2v) is 5.06. The fraction of sp³-hybridized carbons (Fsp3) is 0.267. The van der Waals surface area contributed by atoms with Crippen molar-refractivity contribution in [1.29, 1.82) is 0 Å². The van der Waals surface area contributed by atoms with Crippen molar-refractivity contribution in [1.82, 2.24) is 4.98 Å². The maximum Gasteiger partial charge on any atom is 0.133 e. The average Bonchev–Trinajstić information content (AvgIpc) is 2.41. The van der Waals surface area contributed by atoms with E-state index >= 15 is 0 Å². The molecule has 2 aromatic rings. The highest BCUT2D eigenvalue weighted by molar-refractivity contribution is 6.31. The molecule has 1 aromatic heterocycles. The van der Waals surface area contributed by atoms with Crippen molar-refractivity contribution in [2.24, 2.45) is 5.73 Å². The van der Waals surface area contributed by atoms with Gasteiger partial charge in [-0.2, -0.15) is 0 Å². The molecular formula is C15H18ClN3. The van der Waals surface area contributed by atoms with Gasteiger partial charge in [0.15, 0.2) is 0 Å². The van der Waals surface area contributed by atoms with Gasteiger partial charge < -0.3 is 10.6 Å². The predicted octanol–water partition coefficient (Wildman–Crippen LogP) is 3.39. The van der Waals surface area contributed by atoms with E-state index in [0.29, 0.717) is 6.54 Å². The molecule has 0 spiro atoms. The van der Waals surface area contributed by atoms with Crippen LogP contribution in [-0.2, 0) is 6.54 Å². The second-order valence-electron chi connectivity index (χ2n) is 4.65. The number of halogens is 1. The van der Waals surface area contributed by atoms with E-state index in [1.54, 1.807) is 6.20 Å². The van der Waals surface area contributed by atoms with Crippen molar-refractivity contribution < 1.29 is 0 Å². The average molecular weight is 276 g/mol. The summed E-state index contributed by atoms with van der Waals surface area (Å²) < 4.78 is 0. The van der Waals surface area contributed by atoms with E-state index in [1.807, 2.05) is 50.4 Å². The van der Waals surface area contributed by atoms with Crippen molar-refractivity contribution >= 4 is 17.4 Å². The standard InChI is InChI=1S/C15H18ClN3/c1-11(17)13-7-5-9-18-15(13)19(2)10-12-6-3-4-8-14(12)16/h3-9,11H,10,17H2,1-2H3. The fourth-order valence-electron chi connectivity index (χ4n) is 2.04. The van der Waals surface area contributed by atoms with Crippen molar-refractivity contribution in [3.63, 3.8) is 0 Å². The number of anilines is 1. The van der Waals surface area contributed by atoms with Gasteiger partial charge in [0.1, 0.15) is 5.82 Å². The van der Waals surface area contributed by atoms with Gasteiger partial charge in [-0.15, -0.1) is 0 Å². The smallest absolute Gasteiger partial charge is 0.133 e. The number of benzene rings is 1. The molecule has 0 saturated carbocycles. The molecule has 0 saturated heterocycles. The van der Waals surface area contributed by atoms with Gasteiger partial charge in [0.25, 0.3) is 0 Å². The molecule has 4 heteroatoms. The summed E-state index contributed by atoms with van der Waals surface area (Å²) in [4.78, 5) is 6.50. The van der Waals surface area contributed by atoms with Crippen LogP contribution in [-0.4, -0.2) is 12.0 Å². The predicted molar refractivity (Wildman–Crippen MR) is 80.4 cm³/mol. The molecule has 0 amide bonds. The molecule has 1 aromatic carbocycles. The molecule has 100 valence electrons. The van der Waals surface area contributed by atoms with E-state index in [0.717, 1.165) is 22.0 Å². The Labute approximate surface area is 119 Å². The molecule has 1 unspecified atom stereocenters. The van der Waals surface area contributed by atoms with Crippen molar-refractivity contribution in [2.45, 2.75) is 19.5 Å². The van der Waals surface area contributed by atoms with Gasteiger partial charge in [0.05, 0.1) is 0 Å². The van der Waals surface area contributed by atoms with Crippen LogP contribution >= 0.6 is 11.6 Å².